The smallest absolute Gasteiger partial charge is 0.284 e. The van der Waals surface area contributed by atoms with Crippen LogP contribution in [0.3, 0.4) is 0 Å². The standard InChI is InChI=1S/C14H18N2O3S2/c1-4-11-6-8-12(9-7-11)21(18,19)15-14-16(5-2)13(17)10(3)20-14/h6-10H,4-5H2,1-3H3/b15-14-. The number of thioether (sulfide) groups is 1. The number of sulfonamides is 1. The zero-order valence-corrected chi connectivity index (χ0v) is 13.9. The summed E-state index contributed by atoms with van der Waals surface area (Å²) in [6.45, 7) is 5.97. The second kappa shape index (κ2) is 6.19. The van der Waals surface area contributed by atoms with Crippen molar-refractivity contribution >= 4 is 32.9 Å². The van der Waals surface area contributed by atoms with Crippen molar-refractivity contribution < 1.29 is 13.2 Å². The van der Waals surface area contributed by atoms with Crippen molar-refractivity contribution in [3.05, 3.63) is 29.8 Å². The third-order valence-electron chi connectivity index (χ3n) is 3.27. The van der Waals surface area contributed by atoms with Crippen LogP contribution in [0.5, 0.6) is 0 Å². The molecule has 1 fully saturated rings. The highest BCUT2D eigenvalue weighted by Gasteiger charge is 2.35. The quantitative estimate of drug-likeness (QED) is 0.851. The molecule has 0 radical (unpaired) electrons. The molecule has 0 aliphatic carbocycles. The van der Waals surface area contributed by atoms with E-state index in [0.29, 0.717) is 6.54 Å². The van der Waals surface area contributed by atoms with E-state index in [1.54, 1.807) is 38.1 Å². The van der Waals surface area contributed by atoms with Gasteiger partial charge in [0.15, 0.2) is 5.17 Å². The Kier molecular flexibility index (Phi) is 4.73. The van der Waals surface area contributed by atoms with Gasteiger partial charge in [0.1, 0.15) is 0 Å². The number of benzene rings is 1. The average molecular weight is 326 g/mol. The number of rotatable bonds is 4. The lowest BCUT2D eigenvalue weighted by Crippen LogP contribution is -2.31. The van der Waals surface area contributed by atoms with Crippen LogP contribution in [0, 0.1) is 0 Å². The van der Waals surface area contributed by atoms with Gasteiger partial charge in [0.2, 0.25) is 5.91 Å². The van der Waals surface area contributed by atoms with Crippen molar-refractivity contribution in [2.45, 2.75) is 37.3 Å². The van der Waals surface area contributed by atoms with E-state index in [1.165, 1.54) is 16.7 Å². The summed E-state index contributed by atoms with van der Waals surface area (Å²) < 4.78 is 28.5. The molecular weight excluding hydrogens is 308 g/mol. The molecule has 0 N–H and O–H groups in total. The van der Waals surface area contributed by atoms with Crippen molar-refractivity contribution in [2.24, 2.45) is 4.40 Å². The van der Waals surface area contributed by atoms with E-state index in [0.717, 1.165) is 12.0 Å². The van der Waals surface area contributed by atoms with Gasteiger partial charge in [0.05, 0.1) is 10.1 Å². The van der Waals surface area contributed by atoms with E-state index in [1.807, 2.05) is 6.92 Å². The Morgan fingerprint density at radius 2 is 1.86 bits per heavy atom. The third-order valence-corrected chi connectivity index (χ3v) is 5.75. The van der Waals surface area contributed by atoms with Gasteiger partial charge in [-0.05, 0) is 38.0 Å². The third kappa shape index (κ3) is 3.29. The Labute approximate surface area is 129 Å². The first-order chi connectivity index (χ1) is 9.89. The van der Waals surface area contributed by atoms with E-state index < -0.39 is 10.0 Å². The van der Waals surface area contributed by atoms with Crippen molar-refractivity contribution in [2.75, 3.05) is 6.54 Å². The minimum absolute atomic E-state index is 0.0993. The molecule has 1 aliphatic heterocycles. The van der Waals surface area contributed by atoms with Gasteiger partial charge in [-0.15, -0.1) is 4.40 Å². The number of carbonyl (C=O) groups excluding carboxylic acids is 1. The highest BCUT2D eigenvalue weighted by Crippen LogP contribution is 2.28. The Morgan fingerprint density at radius 3 is 2.38 bits per heavy atom. The Hall–Kier alpha value is -1.34. The fraction of sp³-hybridized carbons (Fsp3) is 0.429. The van der Waals surface area contributed by atoms with E-state index in [9.17, 15) is 13.2 Å². The maximum atomic E-state index is 12.3. The highest BCUT2D eigenvalue weighted by atomic mass is 32.2. The van der Waals surface area contributed by atoms with Crippen LogP contribution in [0.25, 0.3) is 0 Å². The molecule has 114 valence electrons. The number of hydrogen-bond donors (Lipinski definition) is 0. The van der Waals surface area contributed by atoms with Crippen LogP contribution in [0.2, 0.25) is 0 Å². The molecule has 1 atom stereocenters. The number of carbonyl (C=O) groups is 1. The predicted octanol–water partition coefficient (Wildman–Crippen LogP) is 2.28. The predicted molar refractivity (Wildman–Crippen MR) is 84.9 cm³/mol. The lowest BCUT2D eigenvalue weighted by molar-refractivity contribution is -0.125. The molecule has 1 amide bonds. The SMILES string of the molecule is CCc1ccc(S(=O)(=O)/N=C2\SC(C)C(=O)N2CC)cc1. The van der Waals surface area contributed by atoms with Gasteiger partial charge in [0, 0.05) is 6.54 Å². The van der Waals surface area contributed by atoms with Crippen LogP contribution in [0.4, 0.5) is 0 Å². The maximum Gasteiger partial charge on any atom is 0.284 e. The molecule has 1 heterocycles. The van der Waals surface area contributed by atoms with Gasteiger partial charge >= 0.3 is 0 Å². The Bertz CT molecular complexity index is 666. The van der Waals surface area contributed by atoms with Crippen molar-refractivity contribution in [1.82, 2.24) is 4.90 Å². The Morgan fingerprint density at radius 1 is 1.24 bits per heavy atom. The van der Waals surface area contributed by atoms with Gasteiger partial charge in [0.25, 0.3) is 10.0 Å². The summed E-state index contributed by atoms with van der Waals surface area (Å²) in [6, 6.07) is 6.67. The molecule has 0 aromatic heterocycles. The first-order valence-electron chi connectivity index (χ1n) is 6.81. The van der Waals surface area contributed by atoms with Crippen LogP contribution in [0.1, 0.15) is 26.3 Å². The summed E-state index contributed by atoms with van der Waals surface area (Å²) in [6.07, 6.45) is 0.848. The molecule has 21 heavy (non-hydrogen) atoms. The molecule has 0 spiro atoms. The largest absolute Gasteiger partial charge is 0.290 e. The van der Waals surface area contributed by atoms with Crippen molar-refractivity contribution in [3.8, 4) is 0 Å². The zero-order chi connectivity index (χ0) is 15.6. The van der Waals surface area contributed by atoms with Crippen LogP contribution < -0.4 is 0 Å². The Balaban J connectivity index is 2.35. The summed E-state index contributed by atoms with van der Waals surface area (Å²) in [5, 5.41) is -0.0315. The first kappa shape index (κ1) is 16.0. The topological polar surface area (TPSA) is 66.8 Å². The van der Waals surface area contributed by atoms with Gasteiger partial charge in [-0.25, -0.2) is 0 Å². The van der Waals surface area contributed by atoms with Crippen LogP contribution in [-0.4, -0.2) is 36.2 Å². The summed E-state index contributed by atoms with van der Waals surface area (Å²) in [5.74, 6) is -0.0993. The molecule has 1 saturated heterocycles. The van der Waals surface area contributed by atoms with Crippen LogP contribution in [0.15, 0.2) is 33.6 Å². The van der Waals surface area contributed by atoms with E-state index >= 15 is 0 Å². The zero-order valence-electron chi connectivity index (χ0n) is 12.2. The number of nitrogens with zero attached hydrogens (tertiary/aromatic N) is 2. The minimum atomic E-state index is -3.79. The molecule has 5 nitrogen and oxygen atoms in total. The molecule has 1 aliphatic rings. The number of amidine groups is 1. The normalized spacial score (nSPS) is 21.3. The van der Waals surface area contributed by atoms with Crippen molar-refractivity contribution in [3.63, 3.8) is 0 Å². The number of hydrogen-bond acceptors (Lipinski definition) is 4. The molecule has 0 bridgehead atoms. The van der Waals surface area contributed by atoms with Gasteiger partial charge in [-0.1, -0.05) is 30.8 Å². The van der Waals surface area contributed by atoms with Gasteiger partial charge < -0.3 is 0 Å². The van der Waals surface area contributed by atoms with E-state index in [4.69, 9.17) is 0 Å². The highest BCUT2D eigenvalue weighted by molar-refractivity contribution is 8.16. The average Bonchev–Trinajstić information content (AvgIpc) is 2.72. The fourth-order valence-corrected chi connectivity index (χ4v) is 4.25. The van der Waals surface area contributed by atoms with Gasteiger partial charge in [-0.3, -0.25) is 9.69 Å². The molecule has 1 aromatic rings. The molecule has 1 aromatic carbocycles. The van der Waals surface area contributed by atoms with Gasteiger partial charge in [-0.2, -0.15) is 8.42 Å². The summed E-state index contributed by atoms with van der Waals surface area (Å²) in [7, 11) is -3.79. The summed E-state index contributed by atoms with van der Waals surface area (Å²) >= 11 is 1.18. The number of aryl methyl sites for hydroxylation is 1. The lowest BCUT2D eigenvalue weighted by Gasteiger charge is -2.12. The molecular formula is C14H18N2O3S2. The monoisotopic (exact) mass is 326 g/mol. The van der Waals surface area contributed by atoms with Crippen LogP contribution in [-0.2, 0) is 21.2 Å². The number of amides is 1. The molecule has 1 unspecified atom stereocenters. The second-order valence-corrected chi connectivity index (χ2v) is 7.60. The lowest BCUT2D eigenvalue weighted by atomic mass is 10.2. The van der Waals surface area contributed by atoms with E-state index in [2.05, 4.69) is 4.40 Å². The molecule has 2 rings (SSSR count). The van der Waals surface area contributed by atoms with Crippen LogP contribution >= 0.6 is 11.8 Å². The summed E-state index contributed by atoms with van der Waals surface area (Å²) in [5.41, 5.74) is 1.07. The second-order valence-electron chi connectivity index (χ2n) is 4.69. The molecule has 0 saturated carbocycles. The molecule has 7 heteroatoms. The first-order valence-corrected chi connectivity index (χ1v) is 9.13. The maximum absolute atomic E-state index is 12.3. The minimum Gasteiger partial charge on any atom is -0.290 e. The fourth-order valence-electron chi connectivity index (χ4n) is 2.00. The van der Waals surface area contributed by atoms with E-state index in [-0.39, 0.29) is 21.2 Å². The summed E-state index contributed by atoms with van der Waals surface area (Å²) in [4.78, 5) is 13.4. The van der Waals surface area contributed by atoms with Crippen molar-refractivity contribution in [1.29, 1.82) is 0 Å².